The monoisotopic (exact) mass is 666 g/mol. The Bertz CT molecular complexity index is 947. The topological polar surface area (TPSA) is 316 Å². The van der Waals surface area contributed by atoms with Gasteiger partial charge in [-0.15, -0.1) is 0 Å². The average molecular weight is 667 g/mol. The van der Waals surface area contributed by atoms with Crippen LogP contribution < -0.4 is 34.0 Å². The predicted molar refractivity (Wildman–Crippen MR) is 159 cm³/mol. The largest absolute Gasteiger partial charge is 0.396 e. The summed E-state index contributed by atoms with van der Waals surface area (Å²) < 4.78 is 36.3. The Hall–Kier alpha value is -1.17. The van der Waals surface area contributed by atoms with E-state index in [1.165, 1.54) is 0 Å². The summed E-state index contributed by atoms with van der Waals surface area (Å²) in [4.78, 5) is 11.1. The van der Waals surface area contributed by atoms with E-state index >= 15 is 0 Å². The Kier molecular flexibility index (Phi) is 13.9. The van der Waals surface area contributed by atoms with Crippen LogP contribution in [0.5, 0.6) is 0 Å². The summed E-state index contributed by atoms with van der Waals surface area (Å²) in [5.41, 5.74) is 31.1. The number of hydrogen-bond acceptors (Lipinski definition) is 17. The Morgan fingerprint density at radius 1 is 0.761 bits per heavy atom. The van der Waals surface area contributed by atoms with Crippen molar-refractivity contribution in [1.29, 1.82) is 0 Å². The van der Waals surface area contributed by atoms with Crippen LogP contribution in [0.2, 0.25) is 0 Å². The lowest BCUT2D eigenvalue weighted by molar-refractivity contribution is -0.295. The third kappa shape index (κ3) is 8.16. The predicted octanol–water partition coefficient (Wildman–Crippen LogP) is -5.78. The van der Waals surface area contributed by atoms with Crippen molar-refractivity contribution in [1.82, 2.24) is 5.32 Å². The highest BCUT2D eigenvalue weighted by atomic mass is 16.8. The van der Waals surface area contributed by atoms with Crippen LogP contribution in [0.15, 0.2) is 0 Å². The summed E-state index contributed by atoms with van der Waals surface area (Å²) in [6, 6.07) is -3.10. The number of nitrogens with one attached hydrogen (secondary N) is 1. The number of hydrogen-bond donors (Lipinski definition) is 11. The first-order valence-corrected chi connectivity index (χ1v) is 16.1. The highest BCUT2D eigenvalue weighted by Gasteiger charge is 2.54. The molecule has 0 radical (unpaired) electrons. The van der Waals surface area contributed by atoms with Crippen molar-refractivity contribution in [3.63, 3.8) is 0 Å². The molecule has 18 atom stereocenters. The lowest BCUT2D eigenvalue weighted by atomic mass is 9.84. The van der Waals surface area contributed by atoms with E-state index in [4.69, 9.17) is 57.1 Å². The van der Waals surface area contributed by atoms with Crippen LogP contribution in [0.4, 0.5) is 0 Å². The minimum atomic E-state index is -1.52. The second-order valence-electron chi connectivity index (χ2n) is 12.8. The number of aliphatic hydroxyl groups is 5. The molecule has 0 aromatic rings. The molecule has 46 heavy (non-hydrogen) atoms. The van der Waals surface area contributed by atoms with Gasteiger partial charge in [-0.2, -0.15) is 0 Å². The lowest BCUT2D eigenvalue weighted by Crippen LogP contribution is -2.65. The van der Waals surface area contributed by atoms with Crippen LogP contribution in [0.1, 0.15) is 32.6 Å². The highest BCUT2D eigenvalue weighted by Crippen LogP contribution is 2.36. The molecule has 0 aromatic carbocycles. The van der Waals surface area contributed by atoms with Gasteiger partial charge < -0.3 is 87.9 Å². The summed E-state index contributed by atoms with van der Waals surface area (Å²) in [5.74, 6) is -0.788. The van der Waals surface area contributed by atoms with E-state index in [9.17, 15) is 30.3 Å². The van der Waals surface area contributed by atoms with Crippen molar-refractivity contribution in [3.05, 3.63) is 0 Å². The first-order valence-electron chi connectivity index (χ1n) is 16.1. The SMILES string of the molecule is CCC[C@H]1CC(N)[C@@H](O[C@@H]2C(N)C[C@@H](N)C(O)C2O[C@@H]2O[C@H](CNC=O)[C@H](O[C@H]3OC(CN)[C@@H](O)C(CO)C3N)[C@@H]2O)OC1CO. The van der Waals surface area contributed by atoms with Gasteiger partial charge in [0, 0.05) is 31.1 Å². The molecule has 0 aromatic heterocycles. The van der Waals surface area contributed by atoms with Crippen molar-refractivity contribution in [2.75, 3.05) is 26.3 Å². The van der Waals surface area contributed by atoms with Gasteiger partial charge in [0.25, 0.3) is 0 Å². The number of rotatable bonds is 14. The molecule has 4 aliphatic rings. The molecule has 0 bridgehead atoms. The molecule has 268 valence electrons. The maximum absolute atomic E-state index is 11.4. The van der Waals surface area contributed by atoms with Gasteiger partial charge in [-0.25, -0.2) is 0 Å². The summed E-state index contributed by atoms with van der Waals surface area (Å²) in [6.45, 7) is 1.14. The summed E-state index contributed by atoms with van der Waals surface area (Å²) in [6.07, 6.45) is -10.6. The van der Waals surface area contributed by atoms with E-state index in [1.54, 1.807) is 0 Å². The third-order valence-corrected chi connectivity index (χ3v) is 9.61. The molecular weight excluding hydrogens is 612 g/mol. The molecule has 3 aliphatic heterocycles. The van der Waals surface area contributed by atoms with Gasteiger partial charge in [0.1, 0.15) is 30.5 Å². The zero-order chi connectivity index (χ0) is 33.7. The number of nitrogens with two attached hydrogens (primary N) is 5. The molecule has 3 saturated heterocycles. The van der Waals surface area contributed by atoms with Crippen molar-refractivity contribution < 1.29 is 58.7 Å². The number of carbonyl (C=O) groups excluding carboxylic acids is 1. The van der Waals surface area contributed by atoms with Crippen molar-refractivity contribution in [2.24, 2.45) is 40.5 Å². The van der Waals surface area contributed by atoms with Crippen LogP contribution >= 0.6 is 0 Å². The van der Waals surface area contributed by atoms with Crippen molar-refractivity contribution in [3.8, 4) is 0 Å². The molecule has 4 fully saturated rings. The molecule has 18 heteroatoms. The quantitative estimate of drug-likeness (QED) is 0.0769. The number of ether oxygens (including phenoxy) is 6. The van der Waals surface area contributed by atoms with Gasteiger partial charge in [-0.05, 0) is 25.2 Å². The summed E-state index contributed by atoms with van der Waals surface area (Å²) >= 11 is 0. The minimum absolute atomic E-state index is 0.0455. The number of carbonyl (C=O) groups is 1. The van der Waals surface area contributed by atoms with Gasteiger partial charge in [-0.3, -0.25) is 4.79 Å². The van der Waals surface area contributed by atoms with E-state index in [0.29, 0.717) is 12.8 Å². The first-order chi connectivity index (χ1) is 22.0. The normalized spacial score (nSPS) is 48.3. The molecule has 4 rings (SSSR count). The molecule has 1 aliphatic carbocycles. The van der Waals surface area contributed by atoms with E-state index in [1.807, 2.05) is 6.92 Å². The van der Waals surface area contributed by atoms with Crippen LogP contribution in [-0.2, 0) is 33.2 Å². The average Bonchev–Trinajstić information content (AvgIpc) is 3.32. The lowest BCUT2D eigenvalue weighted by Gasteiger charge is -2.46. The highest BCUT2D eigenvalue weighted by molar-refractivity contribution is 5.45. The van der Waals surface area contributed by atoms with Gasteiger partial charge >= 0.3 is 0 Å². The van der Waals surface area contributed by atoms with E-state index in [-0.39, 0.29) is 32.0 Å². The van der Waals surface area contributed by atoms with Gasteiger partial charge in [0.15, 0.2) is 18.9 Å². The first kappa shape index (κ1) is 37.6. The van der Waals surface area contributed by atoms with Crippen LogP contribution in [-0.4, -0.2) is 156 Å². The van der Waals surface area contributed by atoms with Crippen LogP contribution in [0.3, 0.4) is 0 Å². The Morgan fingerprint density at radius 2 is 1.41 bits per heavy atom. The molecule has 16 N–H and O–H groups in total. The van der Waals surface area contributed by atoms with E-state index in [2.05, 4.69) is 5.32 Å². The molecule has 8 unspecified atom stereocenters. The van der Waals surface area contributed by atoms with Crippen molar-refractivity contribution >= 4 is 6.41 Å². The molecular formula is C28H54N6O12. The third-order valence-electron chi connectivity index (χ3n) is 9.61. The van der Waals surface area contributed by atoms with Crippen LogP contribution in [0.25, 0.3) is 0 Å². The van der Waals surface area contributed by atoms with Gasteiger partial charge in [-0.1, -0.05) is 13.3 Å². The Morgan fingerprint density at radius 3 is 2.04 bits per heavy atom. The van der Waals surface area contributed by atoms with E-state index < -0.39 is 110 Å². The second kappa shape index (κ2) is 17.0. The molecule has 18 nitrogen and oxygen atoms in total. The number of amides is 1. The fourth-order valence-corrected chi connectivity index (χ4v) is 6.98. The Balaban J connectivity index is 1.52. The fraction of sp³-hybridized carbons (Fsp3) is 0.964. The zero-order valence-corrected chi connectivity index (χ0v) is 26.1. The Labute approximate surface area is 268 Å². The van der Waals surface area contributed by atoms with Gasteiger partial charge in [0.05, 0.1) is 49.7 Å². The standard InChI is InChI=1S/C28H54N6O12/c1-2-3-11-4-15(32)26(43-18(11)9-36)44-23-14(31)5-13(30)21(39)25(23)46-28-22(40)24(17(42-28)7-34-10-37)45-27-19(33)12(8-35)20(38)16(6-29)41-27/h10-28,35-36,38-40H,2-9,29-33H2,1H3,(H,34,37)/t11-,12?,13+,14?,15?,16?,17+,18?,19?,20-,21?,22-,23+,24-,25?,26+,27+,28-/m0/s1. The molecule has 1 saturated carbocycles. The van der Waals surface area contributed by atoms with E-state index in [0.717, 1.165) is 12.8 Å². The fourth-order valence-electron chi connectivity index (χ4n) is 6.98. The zero-order valence-electron chi connectivity index (χ0n) is 26.1. The minimum Gasteiger partial charge on any atom is -0.396 e. The molecule has 0 spiro atoms. The van der Waals surface area contributed by atoms with Gasteiger partial charge in [0.2, 0.25) is 6.41 Å². The molecule has 1 amide bonds. The molecule has 3 heterocycles. The smallest absolute Gasteiger partial charge is 0.207 e. The maximum atomic E-state index is 11.4. The summed E-state index contributed by atoms with van der Waals surface area (Å²) in [7, 11) is 0. The summed E-state index contributed by atoms with van der Waals surface area (Å²) in [5, 5.41) is 55.3. The van der Waals surface area contributed by atoms with Crippen LogP contribution in [0, 0.1) is 11.8 Å². The maximum Gasteiger partial charge on any atom is 0.207 e. The second-order valence-corrected chi connectivity index (χ2v) is 12.8. The number of aliphatic hydroxyl groups excluding tert-OH is 5. The van der Waals surface area contributed by atoms with Crippen molar-refractivity contribution in [2.45, 2.75) is 131 Å².